The van der Waals surface area contributed by atoms with Gasteiger partial charge in [-0.15, -0.1) is 0 Å². The molecule has 1 unspecified atom stereocenters. The Labute approximate surface area is 152 Å². The molecule has 2 heterocycles. The van der Waals surface area contributed by atoms with E-state index in [0.717, 1.165) is 5.56 Å². The molecule has 138 valence electrons. The van der Waals surface area contributed by atoms with Crippen LogP contribution in [0.1, 0.15) is 22.3 Å². The lowest BCUT2D eigenvalue weighted by molar-refractivity contribution is 0.0950. The number of nitrogens with one attached hydrogen (secondary N) is 2. The van der Waals surface area contributed by atoms with Crippen LogP contribution in [0.15, 0.2) is 42.6 Å². The molecule has 1 fully saturated rings. The minimum absolute atomic E-state index is 0.0961. The first-order chi connectivity index (χ1) is 12.5. The smallest absolute Gasteiger partial charge is 0.251 e. The van der Waals surface area contributed by atoms with Crippen LogP contribution < -0.4 is 15.4 Å². The van der Waals surface area contributed by atoms with Crippen molar-refractivity contribution in [1.82, 2.24) is 10.3 Å². The van der Waals surface area contributed by atoms with Crippen LogP contribution in [0.5, 0.6) is 5.75 Å². The van der Waals surface area contributed by atoms with Crippen molar-refractivity contribution in [3.05, 3.63) is 53.7 Å². The SMILES string of the molecule is COc1ccccc1CNC(=O)c1ccnc(NC2CCS(=O)(=O)C2)c1. The highest BCUT2D eigenvalue weighted by atomic mass is 32.2. The lowest BCUT2D eigenvalue weighted by Crippen LogP contribution is -2.24. The number of carbonyl (C=O) groups is 1. The van der Waals surface area contributed by atoms with Gasteiger partial charge in [0.2, 0.25) is 0 Å². The highest BCUT2D eigenvalue weighted by Gasteiger charge is 2.28. The third-order valence-corrected chi connectivity index (χ3v) is 6.01. The molecule has 1 atom stereocenters. The minimum Gasteiger partial charge on any atom is -0.496 e. The van der Waals surface area contributed by atoms with Crippen molar-refractivity contribution >= 4 is 21.6 Å². The van der Waals surface area contributed by atoms with E-state index < -0.39 is 9.84 Å². The summed E-state index contributed by atoms with van der Waals surface area (Å²) in [5.74, 6) is 1.26. The van der Waals surface area contributed by atoms with E-state index in [1.807, 2.05) is 24.3 Å². The first-order valence-electron chi connectivity index (χ1n) is 8.30. The molecule has 0 bridgehead atoms. The van der Waals surface area contributed by atoms with Crippen molar-refractivity contribution in [2.45, 2.75) is 19.0 Å². The number of methoxy groups -OCH3 is 1. The van der Waals surface area contributed by atoms with Crippen LogP contribution in [0.2, 0.25) is 0 Å². The van der Waals surface area contributed by atoms with E-state index in [9.17, 15) is 13.2 Å². The Morgan fingerprint density at radius 2 is 2.12 bits per heavy atom. The summed E-state index contributed by atoms with van der Waals surface area (Å²) in [4.78, 5) is 16.6. The molecule has 1 aromatic carbocycles. The summed E-state index contributed by atoms with van der Waals surface area (Å²) < 4.78 is 28.4. The Morgan fingerprint density at radius 3 is 2.85 bits per heavy atom. The highest BCUT2D eigenvalue weighted by Crippen LogP contribution is 2.18. The molecule has 0 radical (unpaired) electrons. The second-order valence-corrected chi connectivity index (χ2v) is 8.40. The maximum atomic E-state index is 12.4. The van der Waals surface area contributed by atoms with E-state index in [1.165, 1.54) is 6.20 Å². The molecule has 3 rings (SSSR count). The number of ether oxygens (including phenoxy) is 1. The number of sulfone groups is 1. The second kappa shape index (κ2) is 7.74. The fourth-order valence-electron chi connectivity index (χ4n) is 2.90. The number of anilines is 1. The molecule has 0 aliphatic carbocycles. The van der Waals surface area contributed by atoms with Gasteiger partial charge in [0.25, 0.3) is 5.91 Å². The monoisotopic (exact) mass is 375 g/mol. The molecular weight excluding hydrogens is 354 g/mol. The average Bonchev–Trinajstić information content (AvgIpc) is 2.98. The zero-order valence-corrected chi connectivity index (χ0v) is 15.3. The van der Waals surface area contributed by atoms with Crippen molar-refractivity contribution < 1.29 is 17.9 Å². The van der Waals surface area contributed by atoms with Gasteiger partial charge in [-0.25, -0.2) is 13.4 Å². The minimum atomic E-state index is -2.97. The number of amides is 1. The molecule has 0 spiro atoms. The van der Waals surface area contributed by atoms with Crippen LogP contribution >= 0.6 is 0 Å². The number of benzene rings is 1. The Kier molecular flexibility index (Phi) is 5.41. The van der Waals surface area contributed by atoms with Gasteiger partial charge in [0.1, 0.15) is 11.6 Å². The summed E-state index contributed by atoms with van der Waals surface area (Å²) >= 11 is 0. The third-order valence-electron chi connectivity index (χ3n) is 4.24. The lowest BCUT2D eigenvalue weighted by Gasteiger charge is -2.13. The van der Waals surface area contributed by atoms with Crippen LogP contribution in [0.25, 0.3) is 0 Å². The largest absolute Gasteiger partial charge is 0.496 e. The van der Waals surface area contributed by atoms with Crippen LogP contribution in [-0.4, -0.2) is 44.0 Å². The van der Waals surface area contributed by atoms with E-state index in [2.05, 4.69) is 15.6 Å². The maximum absolute atomic E-state index is 12.4. The van der Waals surface area contributed by atoms with E-state index in [4.69, 9.17) is 4.74 Å². The average molecular weight is 375 g/mol. The van der Waals surface area contributed by atoms with Crippen molar-refractivity contribution in [3.63, 3.8) is 0 Å². The zero-order chi connectivity index (χ0) is 18.6. The number of hydrogen-bond donors (Lipinski definition) is 2. The first kappa shape index (κ1) is 18.2. The number of para-hydroxylation sites is 1. The zero-order valence-electron chi connectivity index (χ0n) is 14.4. The summed E-state index contributed by atoms with van der Waals surface area (Å²) in [6.07, 6.45) is 2.08. The Morgan fingerprint density at radius 1 is 1.31 bits per heavy atom. The number of pyridine rings is 1. The number of hydrogen-bond acceptors (Lipinski definition) is 6. The van der Waals surface area contributed by atoms with Gasteiger partial charge in [0.05, 0.1) is 18.6 Å². The number of nitrogens with zero attached hydrogens (tertiary/aromatic N) is 1. The van der Waals surface area contributed by atoms with E-state index in [-0.39, 0.29) is 23.5 Å². The predicted molar refractivity (Wildman–Crippen MR) is 99.1 cm³/mol. The van der Waals surface area contributed by atoms with Gasteiger partial charge in [-0.3, -0.25) is 4.79 Å². The quantitative estimate of drug-likeness (QED) is 0.796. The third kappa shape index (κ3) is 4.51. The molecule has 1 aliphatic rings. The molecule has 26 heavy (non-hydrogen) atoms. The van der Waals surface area contributed by atoms with E-state index >= 15 is 0 Å². The Balaban J connectivity index is 1.63. The van der Waals surface area contributed by atoms with Crippen LogP contribution in [0, 0.1) is 0 Å². The molecule has 1 aromatic heterocycles. The molecule has 1 amide bonds. The van der Waals surface area contributed by atoms with Crippen LogP contribution in [-0.2, 0) is 16.4 Å². The Bertz CT molecular complexity index is 899. The molecule has 2 aromatic rings. The van der Waals surface area contributed by atoms with Gasteiger partial charge >= 0.3 is 0 Å². The summed E-state index contributed by atoms with van der Waals surface area (Å²) in [6.45, 7) is 0.342. The van der Waals surface area contributed by atoms with Gasteiger partial charge in [-0.05, 0) is 24.6 Å². The molecule has 1 aliphatic heterocycles. The fourth-order valence-corrected chi connectivity index (χ4v) is 4.57. The van der Waals surface area contributed by atoms with Crippen molar-refractivity contribution in [1.29, 1.82) is 0 Å². The second-order valence-electron chi connectivity index (χ2n) is 6.17. The Hall–Kier alpha value is -2.61. The number of rotatable bonds is 6. The van der Waals surface area contributed by atoms with Crippen LogP contribution in [0.3, 0.4) is 0 Å². The van der Waals surface area contributed by atoms with Gasteiger partial charge in [0, 0.05) is 29.9 Å². The van der Waals surface area contributed by atoms with Gasteiger partial charge in [-0.1, -0.05) is 18.2 Å². The van der Waals surface area contributed by atoms with E-state index in [0.29, 0.717) is 30.1 Å². The molecule has 2 N–H and O–H groups in total. The maximum Gasteiger partial charge on any atom is 0.251 e. The molecule has 1 saturated heterocycles. The topological polar surface area (TPSA) is 97.4 Å². The fraction of sp³-hybridized carbons (Fsp3) is 0.333. The van der Waals surface area contributed by atoms with Crippen molar-refractivity contribution in [2.75, 3.05) is 23.9 Å². The van der Waals surface area contributed by atoms with E-state index in [1.54, 1.807) is 19.2 Å². The first-order valence-corrected chi connectivity index (χ1v) is 10.1. The molecular formula is C18H21N3O4S. The van der Waals surface area contributed by atoms with Gasteiger partial charge in [-0.2, -0.15) is 0 Å². The van der Waals surface area contributed by atoms with Crippen molar-refractivity contribution in [2.24, 2.45) is 0 Å². The number of carbonyl (C=O) groups excluding carboxylic acids is 1. The summed E-state index contributed by atoms with van der Waals surface area (Å²) in [7, 11) is -1.38. The predicted octanol–water partition coefficient (Wildman–Crippen LogP) is 1.62. The summed E-state index contributed by atoms with van der Waals surface area (Å²) in [5.41, 5.74) is 1.34. The summed E-state index contributed by atoms with van der Waals surface area (Å²) in [5, 5.41) is 5.95. The summed E-state index contributed by atoms with van der Waals surface area (Å²) in [6, 6.07) is 10.6. The standard InChI is InChI=1S/C18H21N3O4S/c1-25-16-5-3-2-4-14(16)11-20-18(22)13-6-8-19-17(10-13)21-15-7-9-26(23,24)12-15/h2-6,8,10,15H,7,9,11-12H2,1H3,(H,19,21)(H,20,22). The molecule has 8 heteroatoms. The van der Waals surface area contributed by atoms with Gasteiger partial charge in [0.15, 0.2) is 9.84 Å². The van der Waals surface area contributed by atoms with Crippen LogP contribution in [0.4, 0.5) is 5.82 Å². The molecule has 0 saturated carbocycles. The van der Waals surface area contributed by atoms with Gasteiger partial charge < -0.3 is 15.4 Å². The molecule has 7 nitrogen and oxygen atoms in total. The normalized spacial score (nSPS) is 18.3. The lowest BCUT2D eigenvalue weighted by atomic mass is 10.2. The highest BCUT2D eigenvalue weighted by molar-refractivity contribution is 7.91. The number of aromatic nitrogens is 1. The van der Waals surface area contributed by atoms with Crippen molar-refractivity contribution in [3.8, 4) is 5.75 Å².